The van der Waals surface area contributed by atoms with Crippen molar-refractivity contribution in [2.24, 2.45) is 0 Å². The van der Waals surface area contributed by atoms with Gasteiger partial charge in [-0.2, -0.15) is 13.2 Å². The maximum Gasteiger partial charge on any atom is 0.494 e. The highest BCUT2D eigenvalue weighted by Gasteiger charge is 2.52. The van der Waals surface area contributed by atoms with Crippen LogP contribution < -0.4 is 10.2 Å². The van der Waals surface area contributed by atoms with Gasteiger partial charge in [0.2, 0.25) is 10.0 Å². The molecule has 2 rings (SSSR count). The summed E-state index contributed by atoms with van der Waals surface area (Å²) in [5.41, 5.74) is -3.87. The summed E-state index contributed by atoms with van der Waals surface area (Å²) >= 11 is 0. The molecule has 1 fully saturated rings. The summed E-state index contributed by atoms with van der Waals surface area (Å²) in [5, 5.41) is 9.05. The summed E-state index contributed by atoms with van der Waals surface area (Å²) in [7, 11) is -5.56. The van der Waals surface area contributed by atoms with Crippen LogP contribution in [0.4, 0.5) is 13.2 Å². The number of alkyl halides is 3. The Hall–Kier alpha value is -1.14. The Morgan fingerprint density at radius 2 is 1.62 bits per heavy atom. The second-order valence-electron chi connectivity index (χ2n) is 8.80. The quantitative estimate of drug-likeness (QED) is 0.668. The molecule has 1 aromatic carbocycles. The fourth-order valence-electron chi connectivity index (χ4n) is 2.88. The molecular formula is C18H27BF3NO5S. The topological polar surface area (TPSA) is 84.9 Å². The van der Waals surface area contributed by atoms with Gasteiger partial charge in [-0.25, -0.2) is 13.1 Å². The lowest BCUT2D eigenvalue weighted by Crippen LogP contribution is -2.44. The van der Waals surface area contributed by atoms with Crippen molar-refractivity contribution in [1.29, 1.82) is 0 Å². The Balaban J connectivity index is 2.49. The van der Waals surface area contributed by atoms with Crippen LogP contribution in [-0.2, 0) is 25.5 Å². The number of benzene rings is 1. The first-order chi connectivity index (χ1) is 12.9. The fourth-order valence-corrected chi connectivity index (χ4v) is 4.53. The summed E-state index contributed by atoms with van der Waals surface area (Å²) in [5.74, 6) is 0. The number of hydrogen-bond acceptors (Lipinski definition) is 5. The van der Waals surface area contributed by atoms with Gasteiger partial charge >= 0.3 is 13.3 Å². The van der Waals surface area contributed by atoms with Crippen LogP contribution in [0.1, 0.15) is 53.5 Å². The third-order valence-electron chi connectivity index (χ3n) is 5.27. The van der Waals surface area contributed by atoms with Crippen molar-refractivity contribution in [3.8, 4) is 0 Å². The van der Waals surface area contributed by atoms with Gasteiger partial charge in [0, 0.05) is 12.1 Å². The molecule has 1 saturated heterocycles. The Kier molecular flexibility index (Phi) is 6.26. The largest absolute Gasteiger partial charge is 0.494 e. The van der Waals surface area contributed by atoms with Gasteiger partial charge in [-0.15, -0.1) is 0 Å². The van der Waals surface area contributed by atoms with Crippen LogP contribution >= 0.6 is 0 Å². The second kappa shape index (κ2) is 7.53. The summed E-state index contributed by atoms with van der Waals surface area (Å²) in [6.45, 7) is 9.71. The molecular weight excluding hydrogens is 410 g/mol. The highest BCUT2D eigenvalue weighted by atomic mass is 32.2. The van der Waals surface area contributed by atoms with Gasteiger partial charge in [-0.1, -0.05) is 6.07 Å². The lowest BCUT2D eigenvalue weighted by molar-refractivity contribution is -0.139. The van der Waals surface area contributed by atoms with Gasteiger partial charge in [0.15, 0.2) is 0 Å². The first-order valence-electron chi connectivity index (χ1n) is 9.13. The zero-order valence-corrected chi connectivity index (χ0v) is 18.2. The number of aliphatic hydroxyl groups excluding tert-OH is 1. The van der Waals surface area contributed by atoms with Crippen molar-refractivity contribution >= 4 is 22.6 Å². The molecule has 0 aliphatic carbocycles. The molecule has 11 heteroatoms. The predicted molar refractivity (Wildman–Crippen MR) is 103 cm³/mol. The minimum Gasteiger partial charge on any atom is -0.399 e. The molecule has 1 aromatic rings. The second-order valence-corrected chi connectivity index (χ2v) is 10.5. The van der Waals surface area contributed by atoms with Gasteiger partial charge in [0.25, 0.3) is 0 Å². The van der Waals surface area contributed by atoms with Crippen molar-refractivity contribution in [3.05, 3.63) is 23.8 Å². The molecule has 0 amide bonds. The molecule has 1 aliphatic heterocycles. The van der Waals surface area contributed by atoms with Crippen LogP contribution in [-0.4, -0.2) is 44.0 Å². The van der Waals surface area contributed by atoms with E-state index < -0.39 is 50.5 Å². The van der Waals surface area contributed by atoms with E-state index in [0.717, 1.165) is 12.1 Å². The predicted octanol–water partition coefficient (Wildman–Crippen LogP) is 2.44. The van der Waals surface area contributed by atoms with E-state index in [-0.39, 0.29) is 18.5 Å². The molecule has 1 aliphatic rings. The number of rotatable bonds is 6. The van der Waals surface area contributed by atoms with Gasteiger partial charge < -0.3 is 14.4 Å². The highest BCUT2D eigenvalue weighted by molar-refractivity contribution is 7.89. The maximum absolute atomic E-state index is 13.7. The number of sulfonamides is 1. The Morgan fingerprint density at radius 3 is 2.07 bits per heavy atom. The first-order valence-corrected chi connectivity index (χ1v) is 10.6. The number of nitrogens with one attached hydrogen (secondary N) is 1. The van der Waals surface area contributed by atoms with Crippen LogP contribution in [0.5, 0.6) is 0 Å². The molecule has 0 atom stereocenters. The van der Waals surface area contributed by atoms with Gasteiger partial charge in [0.05, 0.1) is 21.7 Å². The monoisotopic (exact) mass is 437 g/mol. The van der Waals surface area contributed by atoms with Crippen molar-refractivity contribution in [2.45, 2.75) is 75.8 Å². The average molecular weight is 437 g/mol. The number of hydrogen-bond donors (Lipinski definition) is 2. The molecule has 2 N–H and O–H groups in total. The van der Waals surface area contributed by atoms with Crippen LogP contribution in [0.25, 0.3) is 0 Å². The molecule has 6 nitrogen and oxygen atoms in total. The molecule has 0 spiro atoms. The minimum atomic E-state index is -4.91. The average Bonchev–Trinajstić information content (AvgIpc) is 2.72. The minimum absolute atomic E-state index is 0.0413. The van der Waals surface area contributed by atoms with Gasteiger partial charge in [-0.3, -0.25) is 0 Å². The van der Waals surface area contributed by atoms with E-state index >= 15 is 0 Å². The first kappa shape index (κ1) is 24.1. The van der Waals surface area contributed by atoms with E-state index in [1.807, 2.05) is 0 Å². The van der Waals surface area contributed by atoms with Crippen molar-refractivity contribution in [3.63, 3.8) is 0 Å². The standard InChI is InChI=1S/C18H27BF3NO5S/c1-15(2,9-10-24)23-29(25,26)14-8-7-12(11-13(14)18(20,21)22)19-27-16(3,4)17(5,6)28-19/h7-8,11,23-24H,9-10H2,1-6H3. The van der Waals surface area contributed by atoms with Crippen molar-refractivity contribution < 1.29 is 36.0 Å². The van der Waals surface area contributed by atoms with Gasteiger partial charge in [0.1, 0.15) is 0 Å². The van der Waals surface area contributed by atoms with Crippen LogP contribution in [0.3, 0.4) is 0 Å². The zero-order valence-electron chi connectivity index (χ0n) is 17.3. The summed E-state index contributed by atoms with van der Waals surface area (Å²) in [6, 6.07) is 2.90. The SMILES string of the molecule is CC(C)(CCO)NS(=O)(=O)c1ccc(B2OC(C)(C)C(C)(C)O2)cc1C(F)(F)F. The smallest absolute Gasteiger partial charge is 0.399 e. The molecule has 0 aromatic heterocycles. The Bertz CT molecular complexity index is 853. The van der Waals surface area contributed by atoms with Crippen molar-refractivity contribution in [1.82, 2.24) is 4.72 Å². The summed E-state index contributed by atoms with van der Waals surface area (Å²) < 4.78 is 80.3. The molecule has 164 valence electrons. The van der Waals surface area contributed by atoms with E-state index in [2.05, 4.69) is 4.72 Å². The normalized spacial score (nSPS) is 19.6. The third-order valence-corrected chi connectivity index (χ3v) is 7.03. The molecule has 0 saturated carbocycles. The lowest BCUT2D eigenvalue weighted by atomic mass is 9.78. The van der Waals surface area contributed by atoms with Gasteiger partial charge in [-0.05, 0) is 65.6 Å². The molecule has 0 radical (unpaired) electrons. The van der Waals surface area contributed by atoms with Crippen LogP contribution in [0.15, 0.2) is 23.1 Å². The van der Waals surface area contributed by atoms with Crippen LogP contribution in [0, 0.1) is 0 Å². The Labute approximate surface area is 170 Å². The van der Waals surface area contributed by atoms with E-state index in [0.29, 0.717) is 0 Å². The molecule has 0 bridgehead atoms. The zero-order chi connectivity index (χ0) is 22.5. The summed E-state index contributed by atoms with van der Waals surface area (Å²) in [6.07, 6.45) is -4.87. The molecule has 29 heavy (non-hydrogen) atoms. The Morgan fingerprint density at radius 1 is 1.10 bits per heavy atom. The van der Waals surface area contributed by atoms with E-state index in [1.54, 1.807) is 27.7 Å². The maximum atomic E-state index is 13.7. The molecule has 0 unspecified atom stereocenters. The van der Waals surface area contributed by atoms with E-state index in [1.165, 1.54) is 19.9 Å². The van der Waals surface area contributed by atoms with Crippen LogP contribution in [0.2, 0.25) is 0 Å². The fraction of sp³-hybridized carbons (Fsp3) is 0.667. The molecule has 1 heterocycles. The summed E-state index contributed by atoms with van der Waals surface area (Å²) in [4.78, 5) is -0.892. The lowest BCUT2D eigenvalue weighted by Gasteiger charge is -2.32. The number of halogens is 3. The highest BCUT2D eigenvalue weighted by Crippen LogP contribution is 2.38. The third kappa shape index (κ3) is 5.14. The van der Waals surface area contributed by atoms with Crippen molar-refractivity contribution in [2.75, 3.05) is 6.61 Å². The van der Waals surface area contributed by atoms with E-state index in [9.17, 15) is 21.6 Å². The van der Waals surface area contributed by atoms with E-state index in [4.69, 9.17) is 14.4 Å². The number of aliphatic hydroxyl groups is 1.